The first-order valence-electron chi connectivity index (χ1n) is 12.5. The van der Waals surface area contributed by atoms with Crippen LogP contribution in [-0.2, 0) is 22.5 Å². The lowest BCUT2D eigenvalue weighted by Crippen LogP contribution is -2.55. The Labute approximate surface area is 198 Å². The maximum absolute atomic E-state index is 15.6. The first-order valence-corrected chi connectivity index (χ1v) is 12.5. The van der Waals surface area contributed by atoms with Crippen molar-refractivity contribution in [1.82, 2.24) is 15.5 Å². The number of piperidine rings is 1. The van der Waals surface area contributed by atoms with Gasteiger partial charge in [0.25, 0.3) is 5.91 Å². The maximum Gasteiger partial charge on any atom is 0.255 e. The van der Waals surface area contributed by atoms with Gasteiger partial charge in [0.15, 0.2) is 0 Å². The van der Waals surface area contributed by atoms with E-state index in [1.807, 2.05) is 0 Å². The average molecular weight is 478 g/mol. The van der Waals surface area contributed by atoms with Gasteiger partial charge in [-0.15, -0.1) is 0 Å². The van der Waals surface area contributed by atoms with Gasteiger partial charge >= 0.3 is 0 Å². The third-order valence-electron chi connectivity index (χ3n) is 7.85. The summed E-state index contributed by atoms with van der Waals surface area (Å²) in [4.78, 5) is 25.9. The van der Waals surface area contributed by atoms with Gasteiger partial charge in [-0.05, 0) is 56.6 Å². The van der Waals surface area contributed by atoms with Crippen molar-refractivity contribution < 1.29 is 28.2 Å². The van der Waals surface area contributed by atoms with Gasteiger partial charge in [0.2, 0.25) is 5.91 Å². The Balaban J connectivity index is 1.28. The number of nitrogens with one attached hydrogen (secondary N) is 2. The highest BCUT2D eigenvalue weighted by molar-refractivity contribution is 5.99. The molecule has 186 valence electrons. The molecule has 9 heteroatoms. The van der Waals surface area contributed by atoms with E-state index in [0.29, 0.717) is 49.0 Å². The lowest BCUT2D eigenvalue weighted by atomic mass is 9.90. The van der Waals surface area contributed by atoms with Crippen molar-refractivity contribution in [3.05, 3.63) is 34.6 Å². The molecule has 0 radical (unpaired) electrons. The van der Waals surface area contributed by atoms with Crippen LogP contribution in [0.1, 0.15) is 72.9 Å². The van der Waals surface area contributed by atoms with Gasteiger partial charge < -0.3 is 25.4 Å². The molecular weight excluding hydrogens is 444 g/mol. The highest BCUT2D eigenvalue weighted by Gasteiger charge is 2.41. The van der Waals surface area contributed by atoms with Crippen molar-refractivity contribution in [3.63, 3.8) is 0 Å². The van der Waals surface area contributed by atoms with Gasteiger partial charge in [0.05, 0.1) is 18.7 Å². The predicted molar refractivity (Wildman–Crippen MR) is 120 cm³/mol. The SMILES string of the molecule is O=C1CC[C@H](N2Cc3c(ccc(C[C@H]4OCCC[C@@H]4NC4CCC(F)CC4)c3F)C2=O)C(O)N1. The van der Waals surface area contributed by atoms with E-state index >= 15 is 4.39 Å². The number of hydrogen-bond donors (Lipinski definition) is 3. The Hall–Kier alpha value is -2.10. The summed E-state index contributed by atoms with van der Waals surface area (Å²) in [6.07, 6.45) is 3.56. The number of carbonyl (C=O) groups is 2. The van der Waals surface area contributed by atoms with Gasteiger partial charge in [-0.1, -0.05) is 6.07 Å². The summed E-state index contributed by atoms with van der Waals surface area (Å²) in [5.41, 5.74) is 1.16. The van der Waals surface area contributed by atoms with Crippen molar-refractivity contribution >= 4 is 11.8 Å². The minimum absolute atomic E-state index is 0.0745. The molecule has 4 aliphatic rings. The summed E-state index contributed by atoms with van der Waals surface area (Å²) in [5, 5.41) is 16.4. The van der Waals surface area contributed by atoms with Crippen LogP contribution in [0, 0.1) is 5.82 Å². The molecule has 0 bridgehead atoms. The van der Waals surface area contributed by atoms with Crippen molar-refractivity contribution in [3.8, 4) is 0 Å². The van der Waals surface area contributed by atoms with Crippen LogP contribution in [0.3, 0.4) is 0 Å². The Morgan fingerprint density at radius 1 is 1.15 bits per heavy atom. The Morgan fingerprint density at radius 3 is 2.71 bits per heavy atom. The number of nitrogens with zero attached hydrogens (tertiary/aromatic N) is 1. The summed E-state index contributed by atoms with van der Waals surface area (Å²) in [6, 6.07) is 3.10. The van der Waals surface area contributed by atoms with E-state index in [1.165, 1.54) is 4.90 Å². The van der Waals surface area contributed by atoms with E-state index in [9.17, 15) is 19.1 Å². The number of halogens is 2. The van der Waals surface area contributed by atoms with Gasteiger partial charge in [-0.3, -0.25) is 9.59 Å². The van der Waals surface area contributed by atoms with Gasteiger partial charge in [-0.25, -0.2) is 8.78 Å². The predicted octanol–water partition coefficient (Wildman–Crippen LogP) is 2.34. The van der Waals surface area contributed by atoms with Crippen molar-refractivity contribution in [1.29, 1.82) is 0 Å². The minimum Gasteiger partial charge on any atom is -0.376 e. The molecule has 2 amide bonds. The third kappa shape index (κ3) is 4.70. The fourth-order valence-corrected chi connectivity index (χ4v) is 5.91. The summed E-state index contributed by atoms with van der Waals surface area (Å²) >= 11 is 0. The zero-order valence-corrected chi connectivity index (χ0v) is 19.3. The molecule has 5 rings (SSSR count). The van der Waals surface area contributed by atoms with Crippen LogP contribution in [0.15, 0.2) is 12.1 Å². The zero-order chi connectivity index (χ0) is 23.8. The molecule has 3 heterocycles. The topological polar surface area (TPSA) is 90.9 Å². The smallest absolute Gasteiger partial charge is 0.255 e. The van der Waals surface area contributed by atoms with E-state index in [4.69, 9.17) is 4.74 Å². The number of aliphatic hydroxyl groups excluding tert-OH is 1. The highest BCUT2D eigenvalue weighted by Crippen LogP contribution is 2.33. The Morgan fingerprint density at radius 2 is 1.94 bits per heavy atom. The molecule has 34 heavy (non-hydrogen) atoms. The lowest BCUT2D eigenvalue weighted by Gasteiger charge is -2.37. The van der Waals surface area contributed by atoms with Crippen molar-refractivity contribution in [2.24, 2.45) is 0 Å². The second kappa shape index (κ2) is 9.87. The normalized spacial score (nSPS) is 34.1. The highest BCUT2D eigenvalue weighted by atomic mass is 19.1. The zero-order valence-electron chi connectivity index (χ0n) is 19.3. The number of rotatable bonds is 5. The van der Waals surface area contributed by atoms with Crippen LogP contribution >= 0.6 is 0 Å². The number of benzene rings is 1. The number of amides is 2. The fraction of sp³-hybridized carbons (Fsp3) is 0.680. The lowest BCUT2D eigenvalue weighted by molar-refractivity contribution is -0.129. The van der Waals surface area contributed by atoms with Gasteiger partial charge in [-0.2, -0.15) is 0 Å². The molecule has 1 aromatic carbocycles. The molecule has 3 aliphatic heterocycles. The van der Waals surface area contributed by atoms with Crippen LogP contribution in [-0.4, -0.2) is 65.1 Å². The summed E-state index contributed by atoms with van der Waals surface area (Å²) in [7, 11) is 0. The van der Waals surface area contributed by atoms with E-state index in [2.05, 4.69) is 10.6 Å². The Kier molecular flexibility index (Phi) is 6.86. The largest absolute Gasteiger partial charge is 0.376 e. The molecule has 0 aromatic heterocycles. The van der Waals surface area contributed by atoms with E-state index in [0.717, 1.165) is 25.7 Å². The molecule has 1 aromatic rings. The van der Waals surface area contributed by atoms with Crippen LogP contribution in [0.25, 0.3) is 0 Å². The van der Waals surface area contributed by atoms with Crippen LogP contribution in [0.4, 0.5) is 8.78 Å². The molecule has 1 unspecified atom stereocenters. The van der Waals surface area contributed by atoms with Gasteiger partial charge in [0.1, 0.15) is 18.2 Å². The number of fused-ring (bicyclic) bond motifs is 1. The quantitative estimate of drug-likeness (QED) is 0.606. The molecular formula is C25H33F2N3O4. The fourth-order valence-electron chi connectivity index (χ4n) is 5.91. The monoisotopic (exact) mass is 477 g/mol. The van der Waals surface area contributed by atoms with E-state index in [1.54, 1.807) is 12.1 Å². The summed E-state index contributed by atoms with van der Waals surface area (Å²) < 4.78 is 35.2. The molecule has 4 atom stereocenters. The van der Waals surface area contributed by atoms with Crippen LogP contribution in [0.2, 0.25) is 0 Å². The molecule has 7 nitrogen and oxygen atoms in total. The standard InChI is InChI=1S/C25H33F2N3O4/c26-15-4-6-16(7-5-15)28-19-2-1-11-34-21(19)12-14-3-8-17-18(23(14)27)13-30(25(17)33)20-9-10-22(31)29-24(20)32/h3,8,15-16,19-21,24,28,32H,1-2,4-7,9-13H2,(H,29,31)/t15?,16?,19-,20-,21+,24?/m0/s1. The molecule has 3 fully saturated rings. The number of ether oxygens (including phenoxy) is 1. The Bertz CT molecular complexity index is 937. The van der Waals surface area contributed by atoms with Crippen molar-refractivity contribution in [2.45, 2.75) is 101 Å². The first-order chi connectivity index (χ1) is 16.4. The van der Waals surface area contributed by atoms with Crippen LogP contribution in [0.5, 0.6) is 0 Å². The minimum atomic E-state index is -1.16. The maximum atomic E-state index is 15.6. The van der Waals surface area contributed by atoms with Crippen LogP contribution < -0.4 is 10.6 Å². The second-order valence-corrected chi connectivity index (χ2v) is 10.1. The number of hydrogen-bond acceptors (Lipinski definition) is 5. The number of aliphatic hydroxyl groups is 1. The second-order valence-electron chi connectivity index (χ2n) is 10.1. The summed E-state index contributed by atoms with van der Waals surface area (Å²) in [5.74, 6) is -0.971. The van der Waals surface area contributed by atoms with E-state index < -0.39 is 24.3 Å². The molecule has 2 saturated heterocycles. The number of alkyl halides is 1. The van der Waals surface area contributed by atoms with E-state index in [-0.39, 0.29) is 43.0 Å². The average Bonchev–Trinajstić information content (AvgIpc) is 3.15. The van der Waals surface area contributed by atoms with Gasteiger partial charge in [0, 0.05) is 42.7 Å². The first kappa shape index (κ1) is 23.6. The summed E-state index contributed by atoms with van der Waals surface area (Å²) in [6.45, 7) is 0.704. The molecule has 1 aliphatic carbocycles. The molecule has 3 N–H and O–H groups in total. The molecule has 1 saturated carbocycles. The number of carbonyl (C=O) groups excluding carboxylic acids is 2. The third-order valence-corrected chi connectivity index (χ3v) is 7.85. The van der Waals surface area contributed by atoms with Crippen molar-refractivity contribution in [2.75, 3.05) is 6.61 Å². The molecule has 0 spiro atoms.